The highest BCUT2D eigenvalue weighted by Crippen LogP contribution is 2.48. The first kappa shape index (κ1) is 22.8. The number of hydrogen-bond donors (Lipinski definition) is 0. The van der Waals surface area contributed by atoms with Gasteiger partial charge in [0, 0.05) is 18.0 Å². The zero-order valence-electron chi connectivity index (χ0n) is 20.5. The van der Waals surface area contributed by atoms with Crippen molar-refractivity contribution in [3.05, 3.63) is 95.1 Å². The number of hydrogen-bond acceptors (Lipinski definition) is 4. The molecular weight excluding hydrogens is 438 g/mol. The van der Waals surface area contributed by atoms with Crippen LogP contribution in [0.2, 0.25) is 0 Å². The van der Waals surface area contributed by atoms with Crippen LogP contribution in [0, 0.1) is 6.92 Å². The van der Waals surface area contributed by atoms with Crippen molar-refractivity contribution in [1.29, 1.82) is 0 Å². The first-order chi connectivity index (χ1) is 17.0. The number of fused-ring (bicyclic) bond motifs is 3. The van der Waals surface area contributed by atoms with Gasteiger partial charge in [-0.05, 0) is 52.6 Å². The maximum Gasteiger partial charge on any atom is 0.228 e. The Bertz CT molecular complexity index is 1370. The molecule has 0 saturated carbocycles. The average Bonchev–Trinajstić information content (AvgIpc) is 2.89. The molecule has 178 valence electrons. The monoisotopic (exact) mass is 467 g/mol. The van der Waals surface area contributed by atoms with E-state index in [9.17, 15) is 4.79 Å². The fraction of sp³-hybridized carbons (Fsp3) is 0.233. The summed E-state index contributed by atoms with van der Waals surface area (Å²) in [6.45, 7) is 2.60. The van der Waals surface area contributed by atoms with Gasteiger partial charge < -0.3 is 19.1 Å². The Morgan fingerprint density at radius 2 is 1.54 bits per heavy atom. The van der Waals surface area contributed by atoms with Crippen LogP contribution in [0.1, 0.15) is 34.6 Å². The highest BCUT2D eigenvalue weighted by molar-refractivity contribution is 6.03. The van der Waals surface area contributed by atoms with Crippen LogP contribution in [-0.2, 0) is 11.3 Å². The van der Waals surface area contributed by atoms with E-state index in [4.69, 9.17) is 14.2 Å². The number of carbonyl (C=O) groups is 1. The molecule has 4 aromatic rings. The van der Waals surface area contributed by atoms with Crippen LogP contribution in [0.4, 0.5) is 5.69 Å². The minimum Gasteiger partial charge on any atom is -0.493 e. The Morgan fingerprint density at radius 3 is 2.20 bits per heavy atom. The summed E-state index contributed by atoms with van der Waals surface area (Å²) in [5.41, 5.74) is 5.35. The highest BCUT2D eigenvalue weighted by atomic mass is 16.5. The molecule has 1 unspecified atom stereocenters. The molecule has 1 aliphatic rings. The third kappa shape index (κ3) is 4.08. The van der Waals surface area contributed by atoms with Crippen LogP contribution in [0.25, 0.3) is 10.8 Å². The van der Waals surface area contributed by atoms with Gasteiger partial charge in [0.25, 0.3) is 0 Å². The molecule has 0 fully saturated rings. The van der Waals surface area contributed by atoms with Crippen LogP contribution < -0.4 is 19.1 Å². The summed E-state index contributed by atoms with van der Waals surface area (Å²) in [6, 6.07) is 24.8. The predicted molar refractivity (Wildman–Crippen MR) is 139 cm³/mol. The van der Waals surface area contributed by atoms with Crippen LogP contribution in [0.15, 0.2) is 72.8 Å². The van der Waals surface area contributed by atoms with E-state index in [1.165, 1.54) is 5.56 Å². The van der Waals surface area contributed by atoms with Gasteiger partial charge in [-0.1, -0.05) is 60.2 Å². The summed E-state index contributed by atoms with van der Waals surface area (Å²) in [5, 5.41) is 2.29. The van der Waals surface area contributed by atoms with Crippen LogP contribution in [0.3, 0.4) is 0 Å². The van der Waals surface area contributed by atoms with Crippen molar-refractivity contribution < 1.29 is 19.0 Å². The van der Waals surface area contributed by atoms with Gasteiger partial charge in [-0.2, -0.15) is 0 Å². The van der Waals surface area contributed by atoms with Crippen molar-refractivity contribution in [2.75, 3.05) is 26.2 Å². The summed E-state index contributed by atoms with van der Waals surface area (Å²) in [5.74, 6) is 1.65. The molecule has 0 N–H and O–H groups in total. The Morgan fingerprint density at radius 1 is 0.857 bits per heavy atom. The average molecular weight is 468 g/mol. The van der Waals surface area contributed by atoms with Gasteiger partial charge in [0.05, 0.1) is 27.9 Å². The molecule has 35 heavy (non-hydrogen) atoms. The summed E-state index contributed by atoms with van der Waals surface area (Å²) in [7, 11) is 4.81. The molecule has 5 nitrogen and oxygen atoms in total. The molecule has 1 heterocycles. The second kappa shape index (κ2) is 9.34. The summed E-state index contributed by atoms with van der Waals surface area (Å²) >= 11 is 0. The van der Waals surface area contributed by atoms with Gasteiger partial charge in [-0.3, -0.25) is 4.79 Å². The molecule has 4 aromatic carbocycles. The predicted octanol–water partition coefficient (Wildman–Crippen LogP) is 6.24. The van der Waals surface area contributed by atoms with E-state index in [1.807, 2.05) is 23.1 Å². The van der Waals surface area contributed by atoms with Gasteiger partial charge in [-0.15, -0.1) is 0 Å². The van der Waals surface area contributed by atoms with Gasteiger partial charge in [0.15, 0.2) is 11.5 Å². The molecule has 5 rings (SSSR count). The molecule has 0 bridgehead atoms. The molecule has 0 saturated heterocycles. The van der Waals surface area contributed by atoms with E-state index >= 15 is 0 Å². The van der Waals surface area contributed by atoms with Crippen molar-refractivity contribution in [2.45, 2.75) is 25.8 Å². The lowest BCUT2D eigenvalue weighted by Crippen LogP contribution is -2.36. The van der Waals surface area contributed by atoms with Gasteiger partial charge in [0.1, 0.15) is 0 Å². The van der Waals surface area contributed by atoms with E-state index in [0.717, 1.165) is 33.2 Å². The number of rotatable bonds is 6. The van der Waals surface area contributed by atoms with E-state index < -0.39 is 0 Å². The summed E-state index contributed by atoms with van der Waals surface area (Å²) in [6.07, 6.45) is 0.353. The van der Waals surface area contributed by atoms with Crippen LogP contribution in [-0.4, -0.2) is 27.2 Å². The smallest absolute Gasteiger partial charge is 0.228 e. The number of ether oxygens (including phenoxy) is 3. The quantitative estimate of drug-likeness (QED) is 0.337. The lowest BCUT2D eigenvalue weighted by Gasteiger charge is -2.35. The van der Waals surface area contributed by atoms with Crippen molar-refractivity contribution >= 4 is 22.4 Å². The lowest BCUT2D eigenvalue weighted by molar-refractivity contribution is -0.119. The van der Waals surface area contributed by atoms with Gasteiger partial charge >= 0.3 is 0 Å². The normalized spacial score (nSPS) is 15.1. The van der Waals surface area contributed by atoms with Crippen LogP contribution in [0.5, 0.6) is 17.2 Å². The number of methoxy groups -OCH3 is 3. The Kier molecular flexibility index (Phi) is 6.08. The van der Waals surface area contributed by atoms with Gasteiger partial charge in [-0.25, -0.2) is 0 Å². The minimum absolute atomic E-state index is 0.0899. The Labute approximate surface area is 205 Å². The van der Waals surface area contributed by atoms with Crippen molar-refractivity contribution in [2.24, 2.45) is 0 Å². The van der Waals surface area contributed by atoms with Crippen molar-refractivity contribution in [3.8, 4) is 17.2 Å². The Hall–Kier alpha value is -3.99. The molecule has 5 heteroatoms. The number of aryl methyl sites for hydroxylation is 1. The second-order valence-electron chi connectivity index (χ2n) is 8.90. The van der Waals surface area contributed by atoms with E-state index in [2.05, 4.69) is 61.5 Å². The summed E-state index contributed by atoms with van der Waals surface area (Å²) < 4.78 is 16.8. The van der Waals surface area contributed by atoms with Crippen molar-refractivity contribution in [3.63, 3.8) is 0 Å². The zero-order valence-corrected chi connectivity index (χ0v) is 20.5. The molecule has 0 aromatic heterocycles. The van der Waals surface area contributed by atoms with E-state index in [-0.39, 0.29) is 11.8 Å². The standard InChI is InChI=1S/C30H29NO4/c1-19-9-11-20(12-10-19)18-31-25-14-13-21-7-5-6-8-23(21)29(25)24(17-28(31)32)22-15-26(33-2)30(35-4)27(16-22)34-3/h5-16,24H,17-18H2,1-4H3. The molecule has 1 atom stereocenters. The molecule has 1 amide bonds. The fourth-order valence-electron chi connectivity index (χ4n) is 5.04. The fourth-order valence-corrected chi connectivity index (χ4v) is 5.04. The first-order valence-corrected chi connectivity index (χ1v) is 11.7. The van der Waals surface area contributed by atoms with Crippen molar-refractivity contribution in [1.82, 2.24) is 0 Å². The SMILES string of the molecule is COc1cc(C2CC(=O)N(Cc3ccc(C)cc3)c3ccc4ccccc4c32)cc(OC)c1OC. The van der Waals surface area contributed by atoms with E-state index in [0.29, 0.717) is 30.2 Å². The molecule has 0 radical (unpaired) electrons. The molecular formula is C30H29NO4. The topological polar surface area (TPSA) is 48.0 Å². The maximum absolute atomic E-state index is 13.6. The third-order valence-electron chi connectivity index (χ3n) is 6.82. The highest BCUT2D eigenvalue weighted by Gasteiger charge is 2.34. The number of anilines is 1. The molecule has 1 aliphatic heterocycles. The third-order valence-corrected chi connectivity index (χ3v) is 6.82. The van der Waals surface area contributed by atoms with Crippen LogP contribution >= 0.6 is 0 Å². The van der Waals surface area contributed by atoms with E-state index in [1.54, 1.807) is 21.3 Å². The number of amides is 1. The Balaban J connectivity index is 1.69. The number of nitrogens with zero attached hydrogens (tertiary/aromatic N) is 1. The lowest BCUT2D eigenvalue weighted by atomic mass is 9.81. The molecule has 0 spiro atoms. The first-order valence-electron chi connectivity index (χ1n) is 11.7. The molecule has 0 aliphatic carbocycles. The second-order valence-corrected chi connectivity index (χ2v) is 8.90. The maximum atomic E-state index is 13.6. The zero-order chi connectivity index (χ0) is 24.5. The number of carbonyl (C=O) groups excluding carboxylic acids is 1. The van der Waals surface area contributed by atoms with Gasteiger partial charge in [0.2, 0.25) is 11.7 Å². The largest absolute Gasteiger partial charge is 0.493 e. The number of benzene rings is 4. The minimum atomic E-state index is -0.147. The summed E-state index contributed by atoms with van der Waals surface area (Å²) in [4.78, 5) is 15.5.